The zero-order valence-corrected chi connectivity index (χ0v) is 14.7. The molecule has 1 aliphatic carbocycles. The van der Waals surface area contributed by atoms with Gasteiger partial charge in [-0.1, -0.05) is 35.3 Å². The van der Waals surface area contributed by atoms with E-state index in [1.807, 2.05) is 6.07 Å². The Morgan fingerprint density at radius 3 is 2.67 bits per heavy atom. The summed E-state index contributed by atoms with van der Waals surface area (Å²) in [5, 5.41) is 1.06. The summed E-state index contributed by atoms with van der Waals surface area (Å²) in [4.78, 5) is 24.7. The second-order valence-corrected chi connectivity index (χ2v) is 6.68. The fraction of sp³-hybridized carbons (Fsp3) is 0.263. The van der Waals surface area contributed by atoms with Crippen LogP contribution < -0.4 is 0 Å². The van der Waals surface area contributed by atoms with Crippen LogP contribution in [0.1, 0.15) is 50.6 Å². The summed E-state index contributed by atoms with van der Waals surface area (Å²) in [5.41, 5.74) is 2.80. The predicted octanol–water partition coefficient (Wildman–Crippen LogP) is 5.08. The van der Waals surface area contributed by atoms with Gasteiger partial charge >= 0.3 is 5.97 Å². The molecule has 0 bridgehead atoms. The van der Waals surface area contributed by atoms with E-state index in [0.717, 1.165) is 24.0 Å². The van der Waals surface area contributed by atoms with Crippen molar-refractivity contribution in [3.8, 4) is 0 Å². The number of hydrogen-bond donors (Lipinski definition) is 0. The summed E-state index contributed by atoms with van der Waals surface area (Å²) in [6.07, 6.45) is 2.29. The summed E-state index contributed by atoms with van der Waals surface area (Å²) in [6.45, 7) is 0. The highest BCUT2D eigenvalue weighted by Gasteiger charge is 2.28. The molecule has 0 saturated carbocycles. The highest BCUT2D eigenvalue weighted by molar-refractivity contribution is 6.35. The molecule has 0 N–H and O–H groups in total. The molecular weight excluding hydrogens is 347 g/mol. The Morgan fingerprint density at radius 1 is 1.17 bits per heavy atom. The van der Waals surface area contributed by atoms with Crippen LogP contribution in [0.15, 0.2) is 36.4 Å². The van der Waals surface area contributed by atoms with Gasteiger partial charge in [0.05, 0.1) is 12.7 Å². The van der Waals surface area contributed by atoms with Crippen molar-refractivity contribution in [1.82, 2.24) is 0 Å². The molecule has 0 spiro atoms. The van der Waals surface area contributed by atoms with Gasteiger partial charge in [-0.3, -0.25) is 4.79 Å². The molecule has 0 heterocycles. The SMILES string of the molecule is COC(=O)c1ccc2c(c1)CCCC(c1ccc(Cl)cc1Cl)C2=O. The number of methoxy groups -OCH3 is 1. The fourth-order valence-corrected chi connectivity index (χ4v) is 3.72. The molecule has 0 aliphatic heterocycles. The molecule has 5 heteroatoms. The van der Waals surface area contributed by atoms with Crippen LogP contribution in [0, 0.1) is 0 Å². The first-order chi connectivity index (χ1) is 11.5. The van der Waals surface area contributed by atoms with E-state index < -0.39 is 5.97 Å². The van der Waals surface area contributed by atoms with Crippen LogP contribution >= 0.6 is 23.2 Å². The van der Waals surface area contributed by atoms with E-state index in [9.17, 15) is 9.59 Å². The van der Waals surface area contributed by atoms with E-state index in [0.29, 0.717) is 27.6 Å². The van der Waals surface area contributed by atoms with Crippen molar-refractivity contribution in [2.45, 2.75) is 25.2 Å². The van der Waals surface area contributed by atoms with Crippen LogP contribution in [0.4, 0.5) is 0 Å². The van der Waals surface area contributed by atoms with Crippen molar-refractivity contribution >= 4 is 35.0 Å². The number of carbonyl (C=O) groups is 2. The molecule has 124 valence electrons. The minimum atomic E-state index is -0.396. The Kier molecular flexibility index (Phi) is 4.93. The highest BCUT2D eigenvalue weighted by Crippen LogP contribution is 2.36. The molecule has 1 atom stereocenters. The van der Waals surface area contributed by atoms with E-state index in [4.69, 9.17) is 27.9 Å². The lowest BCUT2D eigenvalue weighted by atomic mass is 9.88. The lowest BCUT2D eigenvalue weighted by Gasteiger charge is -2.16. The summed E-state index contributed by atoms with van der Waals surface area (Å²) < 4.78 is 4.75. The van der Waals surface area contributed by atoms with Crippen molar-refractivity contribution in [3.05, 3.63) is 68.7 Å². The maximum atomic E-state index is 13.0. The molecule has 0 fully saturated rings. The first-order valence-electron chi connectivity index (χ1n) is 7.71. The minimum Gasteiger partial charge on any atom is -0.465 e. The van der Waals surface area contributed by atoms with Crippen LogP contribution in [-0.4, -0.2) is 18.9 Å². The van der Waals surface area contributed by atoms with Gasteiger partial charge in [-0.05, 0) is 54.7 Å². The molecule has 0 aromatic heterocycles. The second-order valence-electron chi connectivity index (χ2n) is 5.84. The summed E-state index contributed by atoms with van der Waals surface area (Å²) in [5.74, 6) is -0.657. The Balaban J connectivity index is 2.00. The zero-order valence-electron chi connectivity index (χ0n) is 13.1. The number of ether oxygens (including phenoxy) is 1. The third kappa shape index (κ3) is 3.19. The molecule has 1 aliphatic rings. The molecule has 1 unspecified atom stereocenters. The first kappa shape index (κ1) is 17.0. The van der Waals surface area contributed by atoms with E-state index in [1.54, 1.807) is 30.3 Å². The van der Waals surface area contributed by atoms with Crippen LogP contribution in [0.2, 0.25) is 10.0 Å². The van der Waals surface area contributed by atoms with Crippen LogP contribution in [0.3, 0.4) is 0 Å². The summed E-state index contributed by atoms with van der Waals surface area (Å²) >= 11 is 12.2. The molecule has 2 aromatic rings. The second kappa shape index (κ2) is 6.96. The number of fused-ring (bicyclic) bond motifs is 1. The van der Waals surface area contributed by atoms with Gasteiger partial charge in [0, 0.05) is 21.5 Å². The highest BCUT2D eigenvalue weighted by atomic mass is 35.5. The number of ketones is 1. The standard InChI is InChI=1S/C19H16Cl2O3/c1-24-19(23)12-5-7-14-11(9-12)3-2-4-16(18(14)22)15-8-6-13(20)10-17(15)21/h5-10,16H,2-4H2,1H3. The first-order valence-corrected chi connectivity index (χ1v) is 8.47. The van der Waals surface area contributed by atoms with E-state index in [1.165, 1.54) is 7.11 Å². The zero-order chi connectivity index (χ0) is 17.3. The largest absolute Gasteiger partial charge is 0.465 e. The van der Waals surface area contributed by atoms with Gasteiger partial charge in [-0.15, -0.1) is 0 Å². The molecule has 2 aromatic carbocycles. The third-order valence-corrected chi connectivity index (χ3v) is 4.95. The molecule has 3 rings (SSSR count). The number of carbonyl (C=O) groups excluding carboxylic acids is 2. The Bertz CT molecular complexity index is 814. The predicted molar refractivity (Wildman–Crippen MR) is 94.3 cm³/mol. The Morgan fingerprint density at radius 2 is 1.96 bits per heavy atom. The molecular formula is C19H16Cl2O3. The van der Waals surface area contributed by atoms with E-state index >= 15 is 0 Å². The molecule has 3 nitrogen and oxygen atoms in total. The van der Waals surface area contributed by atoms with Gasteiger partial charge in [0.1, 0.15) is 0 Å². The lowest BCUT2D eigenvalue weighted by molar-refractivity contribution is 0.0600. The maximum absolute atomic E-state index is 13.0. The average molecular weight is 363 g/mol. The summed E-state index contributed by atoms with van der Waals surface area (Å²) in [6, 6.07) is 10.3. The number of halogens is 2. The normalized spacial score (nSPS) is 17.1. The monoisotopic (exact) mass is 362 g/mol. The van der Waals surface area contributed by atoms with Gasteiger partial charge in [0.2, 0.25) is 0 Å². The smallest absolute Gasteiger partial charge is 0.337 e. The van der Waals surface area contributed by atoms with Crippen molar-refractivity contribution in [2.24, 2.45) is 0 Å². The third-order valence-electron chi connectivity index (χ3n) is 4.39. The quantitative estimate of drug-likeness (QED) is 0.552. The Hall–Kier alpha value is -1.84. The van der Waals surface area contributed by atoms with Crippen molar-refractivity contribution in [3.63, 3.8) is 0 Å². The van der Waals surface area contributed by atoms with Gasteiger partial charge in [0.25, 0.3) is 0 Å². The lowest BCUT2D eigenvalue weighted by Crippen LogP contribution is -2.13. The van der Waals surface area contributed by atoms with Crippen molar-refractivity contribution < 1.29 is 14.3 Å². The molecule has 0 amide bonds. The fourth-order valence-electron chi connectivity index (χ4n) is 3.18. The molecule has 0 saturated heterocycles. The number of rotatable bonds is 2. The minimum absolute atomic E-state index is 0.0307. The Labute approximate surface area is 150 Å². The molecule has 0 radical (unpaired) electrons. The number of benzene rings is 2. The average Bonchev–Trinajstić information content (AvgIpc) is 2.73. The number of aryl methyl sites for hydroxylation is 1. The van der Waals surface area contributed by atoms with Crippen LogP contribution in [-0.2, 0) is 11.2 Å². The van der Waals surface area contributed by atoms with Gasteiger partial charge in [-0.2, -0.15) is 0 Å². The van der Waals surface area contributed by atoms with Gasteiger partial charge in [0.15, 0.2) is 5.78 Å². The van der Waals surface area contributed by atoms with E-state index in [-0.39, 0.29) is 11.7 Å². The van der Waals surface area contributed by atoms with Crippen molar-refractivity contribution in [1.29, 1.82) is 0 Å². The number of esters is 1. The summed E-state index contributed by atoms with van der Waals surface area (Å²) in [7, 11) is 1.34. The molecule has 24 heavy (non-hydrogen) atoms. The van der Waals surface area contributed by atoms with Gasteiger partial charge < -0.3 is 4.74 Å². The number of Topliss-reactive ketones (excluding diaryl/α,β-unsaturated/α-hetero) is 1. The number of hydrogen-bond acceptors (Lipinski definition) is 3. The van der Waals surface area contributed by atoms with Crippen LogP contribution in [0.25, 0.3) is 0 Å². The van der Waals surface area contributed by atoms with Crippen LogP contribution in [0.5, 0.6) is 0 Å². The van der Waals surface area contributed by atoms with Crippen molar-refractivity contribution in [2.75, 3.05) is 7.11 Å². The topological polar surface area (TPSA) is 43.4 Å². The maximum Gasteiger partial charge on any atom is 0.337 e. The van der Waals surface area contributed by atoms with E-state index in [2.05, 4.69) is 0 Å². The van der Waals surface area contributed by atoms with Gasteiger partial charge in [-0.25, -0.2) is 4.79 Å².